The van der Waals surface area contributed by atoms with Crippen molar-refractivity contribution in [3.05, 3.63) is 24.3 Å². The highest BCUT2D eigenvalue weighted by Gasteiger charge is 2.39. The summed E-state index contributed by atoms with van der Waals surface area (Å²) in [4.78, 5) is 14.0. The van der Waals surface area contributed by atoms with E-state index >= 15 is 0 Å². The standard InChI is InChI=1S/C15H21NO4/c1-10-13(14(18)16(4)15(2,3)9-17)20-12-8-6-5-7-11(12)19-10/h5-8,10,13,17H,9H2,1-4H3. The molecule has 2 atom stereocenters. The quantitative estimate of drug-likeness (QED) is 0.909. The summed E-state index contributed by atoms with van der Waals surface area (Å²) >= 11 is 0. The lowest BCUT2D eigenvalue weighted by Gasteiger charge is -2.39. The highest BCUT2D eigenvalue weighted by molar-refractivity contribution is 5.83. The Labute approximate surface area is 119 Å². The lowest BCUT2D eigenvalue weighted by atomic mass is 10.0. The van der Waals surface area contributed by atoms with Gasteiger partial charge in [-0.25, -0.2) is 0 Å². The Morgan fingerprint density at radius 1 is 1.30 bits per heavy atom. The highest BCUT2D eigenvalue weighted by atomic mass is 16.6. The maximum atomic E-state index is 12.5. The fraction of sp³-hybridized carbons (Fsp3) is 0.533. The predicted octanol–water partition coefficient (Wildman–Crippen LogP) is 1.44. The average Bonchev–Trinajstić information content (AvgIpc) is 2.45. The number of para-hydroxylation sites is 2. The summed E-state index contributed by atoms with van der Waals surface area (Å²) in [5.74, 6) is 1.01. The molecule has 1 aliphatic rings. The van der Waals surface area contributed by atoms with E-state index in [1.54, 1.807) is 33.9 Å². The monoisotopic (exact) mass is 279 g/mol. The van der Waals surface area contributed by atoms with Crippen LogP contribution in [-0.4, -0.2) is 47.3 Å². The molecule has 1 heterocycles. The van der Waals surface area contributed by atoms with Crippen LogP contribution < -0.4 is 9.47 Å². The molecule has 110 valence electrons. The minimum Gasteiger partial charge on any atom is -0.482 e. The molecule has 1 N–H and O–H groups in total. The third-order valence-corrected chi connectivity index (χ3v) is 3.71. The summed E-state index contributed by atoms with van der Waals surface area (Å²) < 4.78 is 11.5. The number of carbonyl (C=O) groups is 1. The van der Waals surface area contributed by atoms with Crippen molar-refractivity contribution in [2.24, 2.45) is 0 Å². The predicted molar refractivity (Wildman–Crippen MR) is 74.9 cm³/mol. The van der Waals surface area contributed by atoms with Crippen LogP contribution in [0.1, 0.15) is 20.8 Å². The highest BCUT2D eigenvalue weighted by Crippen LogP contribution is 2.34. The fourth-order valence-corrected chi connectivity index (χ4v) is 1.99. The van der Waals surface area contributed by atoms with Gasteiger partial charge in [0.05, 0.1) is 12.1 Å². The summed E-state index contributed by atoms with van der Waals surface area (Å²) in [5, 5.41) is 9.37. The van der Waals surface area contributed by atoms with E-state index in [1.807, 2.05) is 18.2 Å². The first-order valence-corrected chi connectivity index (χ1v) is 6.67. The van der Waals surface area contributed by atoms with Gasteiger partial charge in [-0.2, -0.15) is 0 Å². The normalized spacial score (nSPS) is 21.4. The number of hydrogen-bond donors (Lipinski definition) is 1. The van der Waals surface area contributed by atoms with Gasteiger partial charge in [0.25, 0.3) is 5.91 Å². The summed E-state index contributed by atoms with van der Waals surface area (Å²) in [6.07, 6.45) is -1.09. The molecule has 0 aliphatic carbocycles. The molecule has 5 heteroatoms. The van der Waals surface area contributed by atoms with E-state index in [1.165, 1.54) is 4.90 Å². The summed E-state index contributed by atoms with van der Waals surface area (Å²) in [7, 11) is 1.66. The second kappa shape index (κ2) is 5.32. The number of rotatable bonds is 3. The lowest BCUT2D eigenvalue weighted by molar-refractivity contribution is -0.149. The van der Waals surface area contributed by atoms with E-state index < -0.39 is 11.6 Å². The molecule has 1 aliphatic heterocycles. The summed E-state index contributed by atoms with van der Waals surface area (Å²) in [6, 6.07) is 7.28. The van der Waals surface area contributed by atoms with Crippen molar-refractivity contribution in [1.82, 2.24) is 4.90 Å². The van der Waals surface area contributed by atoms with Crippen LogP contribution in [0.25, 0.3) is 0 Å². The fourth-order valence-electron chi connectivity index (χ4n) is 1.99. The third kappa shape index (κ3) is 2.58. The molecule has 20 heavy (non-hydrogen) atoms. The number of nitrogens with zero attached hydrogens (tertiary/aromatic N) is 1. The molecule has 0 aromatic heterocycles. The molecule has 1 amide bonds. The van der Waals surface area contributed by atoms with Crippen LogP contribution in [0.4, 0.5) is 0 Å². The number of aliphatic hydroxyl groups is 1. The molecule has 0 spiro atoms. The van der Waals surface area contributed by atoms with Crippen molar-refractivity contribution in [3.63, 3.8) is 0 Å². The molecule has 0 bridgehead atoms. The Hall–Kier alpha value is -1.75. The van der Waals surface area contributed by atoms with Crippen molar-refractivity contribution in [2.75, 3.05) is 13.7 Å². The number of ether oxygens (including phenoxy) is 2. The molecule has 0 radical (unpaired) electrons. The second-order valence-electron chi connectivity index (χ2n) is 5.68. The maximum Gasteiger partial charge on any atom is 0.267 e. The number of amides is 1. The number of benzene rings is 1. The molecule has 0 saturated heterocycles. The Kier molecular flexibility index (Phi) is 3.90. The van der Waals surface area contributed by atoms with Crippen molar-refractivity contribution in [2.45, 2.75) is 38.5 Å². The number of carbonyl (C=O) groups excluding carboxylic acids is 1. The van der Waals surface area contributed by atoms with Gasteiger partial charge < -0.3 is 19.5 Å². The molecule has 1 aromatic carbocycles. The largest absolute Gasteiger partial charge is 0.482 e. The number of fused-ring (bicyclic) bond motifs is 1. The van der Waals surface area contributed by atoms with Gasteiger partial charge >= 0.3 is 0 Å². The van der Waals surface area contributed by atoms with Crippen molar-refractivity contribution in [3.8, 4) is 11.5 Å². The van der Waals surface area contributed by atoms with E-state index in [-0.39, 0.29) is 18.6 Å². The summed E-state index contributed by atoms with van der Waals surface area (Å²) in [6.45, 7) is 5.28. The summed E-state index contributed by atoms with van der Waals surface area (Å²) in [5.41, 5.74) is -0.642. The minimum atomic E-state index is -0.708. The average molecular weight is 279 g/mol. The van der Waals surface area contributed by atoms with Crippen molar-refractivity contribution >= 4 is 5.91 Å². The van der Waals surface area contributed by atoms with E-state index in [2.05, 4.69) is 0 Å². The first kappa shape index (κ1) is 14.7. The van der Waals surface area contributed by atoms with Gasteiger partial charge in [-0.1, -0.05) is 12.1 Å². The zero-order valence-corrected chi connectivity index (χ0v) is 12.3. The Bertz CT molecular complexity index is 500. The van der Waals surface area contributed by atoms with Crippen LogP contribution in [0.2, 0.25) is 0 Å². The van der Waals surface area contributed by atoms with Crippen molar-refractivity contribution < 1.29 is 19.4 Å². The zero-order chi connectivity index (χ0) is 14.9. The number of likely N-dealkylation sites (N-methyl/N-ethyl adjacent to an activating group) is 1. The topological polar surface area (TPSA) is 59.0 Å². The van der Waals surface area contributed by atoms with Gasteiger partial charge in [0.15, 0.2) is 11.5 Å². The first-order chi connectivity index (χ1) is 9.36. The van der Waals surface area contributed by atoms with Crippen LogP contribution in [0.5, 0.6) is 11.5 Å². The molecular weight excluding hydrogens is 258 g/mol. The van der Waals surface area contributed by atoms with Crippen LogP contribution >= 0.6 is 0 Å². The van der Waals surface area contributed by atoms with Gasteiger partial charge in [0, 0.05) is 7.05 Å². The van der Waals surface area contributed by atoms with Crippen molar-refractivity contribution in [1.29, 1.82) is 0 Å². The van der Waals surface area contributed by atoms with E-state index in [9.17, 15) is 9.90 Å². The Balaban J connectivity index is 2.20. The van der Waals surface area contributed by atoms with Crippen LogP contribution in [0, 0.1) is 0 Å². The lowest BCUT2D eigenvalue weighted by Crippen LogP contribution is -2.56. The molecule has 0 saturated carbocycles. The molecule has 2 rings (SSSR count). The van der Waals surface area contributed by atoms with Crippen LogP contribution in [-0.2, 0) is 4.79 Å². The van der Waals surface area contributed by atoms with Crippen LogP contribution in [0.3, 0.4) is 0 Å². The van der Waals surface area contributed by atoms with E-state index in [0.717, 1.165) is 0 Å². The third-order valence-electron chi connectivity index (χ3n) is 3.71. The SMILES string of the molecule is CC1Oc2ccccc2OC1C(=O)N(C)C(C)(C)CO. The molecule has 0 fully saturated rings. The molecule has 1 aromatic rings. The Morgan fingerprint density at radius 2 is 1.85 bits per heavy atom. The first-order valence-electron chi connectivity index (χ1n) is 6.67. The number of aliphatic hydroxyl groups excluding tert-OH is 1. The minimum absolute atomic E-state index is 0.117. The van der Waals surface area contributed by atoms with Crippen LogP contribution in [0.15, 0.2) is 24.3 Å². The van der Waals surface area contributed by atoms with Gasteiger partial charge in [-0.15, -0.1) is 0 Å². The number of hydrogen-bond acceptors (Lipinski definition) is 4. The molecule has 5 nitrogen and oxygen atoms in total. The molecule has 2 unspecified atom stereocenters. The second-order valence-corrected chi connectivity index (χ2v) is 5.68. The van der Waals surface area contributed by atoms with E-state index in [0.29, 0.717) is 11.5 Å². The van der Waals surface area contributed by atoms with Gasteiger partial charge in [0.1, 0.15) is 6.10 Å². The van der Waals surface area contributed by atoms with Gasteiger partial charge in [0.2, 0.25) is 6.10 Å². The zero-order valence-electron chi connectivity index (χ0n) is 12.3. The smallest absolute Gasteiger partial charge is 0.267 e. The van der Waals surface area contributed by atoms with Gasteiger partial charge in [-0.05, 0) is 32.9 Å². The van der Waals surface area contributed by atoms with Gasteiger partial charge in [-0.3, -0.25) is 4.79 Å². The maximum absolute atomic E-state index is 12.5. The van der Waals surface area contributed by atoms with E-state index in [4.69, 9.17) is 9.47 Å². The Morgan fingerprint density at radius 3 is 2.40 bits per heavy atom. The molecular formula is C15H21NO4.